The first kappa shape index (κ1) is 20.4. The summed E-state index contributed by atoms with van der Waals surface area (Å²) in [6.45, 7) is 8.23. The van der Waals surface area contributed by atoms with E-state index in [0.29, 0.717) is 11.9 Å². The van der Waals surface area contributed by atoms with Gasteiger partial charge in [0.2, 0.25) is 0 Å². The van der Waals surface area contributed by atoms with Crippen molar-refractivity contribution in [2.75, 3.05) is 18.0 Å². The lowest BCUT2D eigenvalue weighted by Crippen LogP contribution is -2.34. The van der Waals surface area contributed by atoms with Gasteiger partial charge in [-0.1, -0.05) is 38.1 Å². The van der Waals surface area contributed by atoms with Crippen LogP contribution in [0.4, 0.5) is 10.4 Å². The van der Waals surface area contributed by atoms with E-state index in [1.54, 1.807) is 6.07 Å². The summed E-state index contributed by atoms with van der Waals surface area (Å²) in [5, 5.41) is 4.09. The molecule has 158 valence electrons. The Morgan fingerprint density at radius 1 is 1.24 bits per heavy atom. The number of aromatic nitrogens is 2. The van der Waals surface area contributed by atoms with E-state index < -0.39 is 0 Å². The molecule has 29 heavy (non-hydrogen) atoms. The number of hydrogen-bond donors (Lipinski definition) is 0. The SMILES string of the molecule is CCc1ccc(CCCC2CC2C2CCN(c3nc(C(C)C)no3)CC2)cc1F. The molecule has 0 radical (unpaired) electrons. The van der Waals surface area contributed by atoms with E-state index in [4.69, 9.17) is 4.52 Å². The minimum Gasteiger partial charge on any atom is -0.324 e. The summed E-state index contributed by atoms with van der Waals surface area (Å²) in [6.07, 6.45) is 8.05. The zero-order valence-electron chi connectivity index (χ0n) is 18.0. The molecular formula is C24H34FN3O. The molecule has 2 aromatic rings. The number of piperidine rings is 1. The van der Waals surface area contributed by atoms with Gasteiger partial charge in [-0.05, 0) is 79.9 Å². The molecule has 0 bridgehead atoms. The Kier molecular flexibility index (Phi) is 6.21. The van der Waals surface area contributed by atoms with Crippen LogP contribution in [0, 0.1) is 23.6 Å². The lowest BCUT2D eigenvalue weighted by atomic mass is 9.90. The zero-order valence-corrected chi connectivity index (χ0v) is 18.0. The van der Waals surface area contributed by atoms with Crippen LogP contribution in [0.2, 0.25) is 0 Å². The second kappa shape index (κ2) is 8.85. The summed E-state index contributed by atoms with van der Waals surface area (Å²) in [6, 6.07) is 6.48. The minimum absolute atomic E-state index is 0.0391. The predicted octanol–water partition coefficient (Wildman–Crippen LogP) is 5.77. The van der Waals surface area contributed by atoms with Gasteiger partial charge in [-0.15, -0.1) is 0 Å². The first-order valence-corrected chi connectivity index (χ1v) is 11.4. The van der Waals surface area contributed by atoms with Crippen LogP contribution < -0.4 is 4.90 Å². The molecule has 1 aromatic carbocycles. The van der Waals surface area contributed by atoms with Gasteiger partial charge >= 0.3 is 6.01 Å². The minimum atomic E-state index is -0.0391. The Labute approximate surface area is 173 Å². The lowest BCUT2D eigenvalue weighted by molar-refractivity contribution is 0.323. The third-order valence-electron chi connectivity index (χ3n) is 6.88. The molecule has 2 aliphatic rings. The first-order valence-electron chi connectivity index (χ1n) is 11.4. The van der Waals surface area contributed by atoms with Crippen LogP contribution in [0.25, 0.3) is 0 Å². The maximum atomic E-state index is 13.9. The van der Waals surface area contributed by atoms with Crippen molar-refractivity contribution >= 4 is 6.01 Å². The van der Waals surface area contributed by atoms with E-state index in [-0.39, 0.29) is 5.82 Å². The molecule has 4 rings (SSSR count). The van der Waals surface area contributed by atoms with Crippen LogP contribution in [0.3, 0.4) is 0 Å². The van der Waals surface area contributed by atoms with Crippen LogP contribution >= 0.6 is 0 Å². The molecule has 1 aromatic heterocycles. The molecule has 1 aliphatic carbocycles. The predicted molar refractivity (Wildman–Crippen MR) is 114 cm³/mol. The van der Waals surface area contributed by atoms with Crippen LogP contribution in [0.5, 0.6) is 0 Å². The van der Waals surface area contributed by atoms with E-state index in [1.807, 2.05) is 13.0 Å². The van der Waals surface area contributed by atoms with Crippen molar-refractivity contribution in [2.24, 2.45) is 17.8 Å². The van der Waals surface area contributed by atoms with Gasteiger partial charge in [-0.2, -0.15) is 4.98 Å². The number of hydrogen-bond acceptors (Lipinski definition) is 4. The summed E-state index contributed by atoms with van der Waals surface area (Å²) in [4.78, 5) is 6.79. The van der Waals surface area contributed by atoms with Crippen molar-refractivity contribution in [1.29, 1.82) is 0 Å². The molecule has 1 saturated heterocycles. The van der Waals surface area contributed by atoms with Crippen LogP contribution in [-0.2, 0) is 12.8 Å². The van der Waals surface area contributed by atoms with Crippen molar-refractivity contribution in [1.82, 2.24) is 10.1 Å². The summed E-state index contributed by atoms with van der Waals surface area (Å²) in [5.41, 5.74) is 1.97. The fraction of sp³-hybridized carbons (Fsp3) is 0.667. The van der Waals surface area contributed by atoms with Gasteiger partial charge < -0.3 is 9.42 Å². The fourth-order valence-corrected chi connectivity index (χ4v) is 4.89. The van der Waals surface area contributed by atoms with Gasteiger partial charge in [0.15, 0.2) is 5.82 Å². The quantitative estimate of drug-likeness (QED) is 0.565. The van der Waals surface area contributed by atoms with Gasteiger partial charge in [-0.3, -0.25) is 0 Å². The van der Waals surface area contributed by atoms with Crippen molar-refractivity contribution < 1.29 is 8.91 Å². The molecule has 2 heterocycles. The maximum Gasteiger partial charge on any atom is 0.324 e. The normalized spacial score (nSPS) is 22.4. The highest BCUT2D eigenvalue weighted by Crippen LogP contribution is 2.50. The number of nitrogens with zero attached hydrogens (tertiary/aromatic N) is 3. The second-order valence-electron chi connectivity index (χ2n) is 9.25. The lowest BCUT2D eigenvalue weighted by Gasteiger charge is -2.30. The molecule has 0 amide bonds. The Bertz CT molecular complexity index is 810. The standard InChI is InChI=1S/C24H34FN3O/c1-4-18-9-8-17(14-22(18)25)6-5-7-20-15-21(20)19-10-12-28(13-11-19)24-26-23(16(2)3)27-29-24/h8-9,14,16,19-21H,4-7,10-13,15H2,1-3H3. The van der Waals surface area contributed by atoms with E-state index in [9.17, 15) is 4.39 Å². The highest BCUT2D eigenvalue weighted by Gasteiger charge is 2.43. The zero-order chi connectivity index (χ0) is 20.4. The summed E-state index contributed by atoms with van der Waals surface area (Å²) in [7, 11) is 0. The number of aryl methyl sites for hydroxylation is 2. The number of anilines is 1. The molecule has 1 saturated carbocycles. The second-order valence-corrected chi connectivity index (χ2v) is 9.25. The van der Waals surface area contributed by atoms with E-state index in [2.05, 4.69) is 35.0 Å². The van der Waals surface area contributed by atoms with Crippen molar-refractivity contribution in [2.45, 2.75) is 71.6 Å². The molecule has 0 N–H and O–H groups in total. The van der Waals surface area contributed by atoms with E-state index in [0.717, 1.165) is 60.6 Å². The number of halogens is 1. The molecule has 2 fully saturated rings. The van der Waals surface area contributed by atoms with Crippen LogP contribution in [-0.4, -0.2) is 23.2 Å². The highest BCUT2D eigenvalue weighted by molar-refractivity contribution is 5.26. The smallest absolute Gasteiger partial charge is 0.324 e. The van der Waals surface area contributed by atoms with Crippen molar-refractivity contribution in [3.8, 4) is 0 Å². The summed E-state index contributed by atoms with van der Waals surface area (Å²) < 4.78 is 19.4. The molecular weight excluding hydrogens is 365 g/mol. The Balaban J connectivity index is 1.18. The molecule has 4 nitrogen and oxygen atoms in total. The third kappa shape index (κ3) is 4.81. The fourth-order valence-electron chi connectivity index (χ4n) is 4.89. The summed E-state index contributed by atoms with van der Waals surface area (Å²) in [5.74, 6) is 3.67. The van der Waals surface area contributed by atoms with Crippen molar-refractivity contribution in [3.63, 3.8) is 0 Å². The molecule has 5 heteroatoms. The van der Waals surface area contributed by atoms with E-state index >= 15 is 0 Å². The van der Waals surface area contributed by atoms with Gasteiger partial charge in [-0.25, -0.2) is 4.39 Å². The number of benzene rings is 1. The molecule has 0 spiro atoms. The topological polar surface area (TPSA) is 42.2 Å². The van der Waals surface area contributed by atoms with Crippen LogP contribution in [0.15, 0.2) is 22.7 Å². The largest absolute Gasteiger partial charge is 0.324 e. The van der Waals surface area contributed by atoms with Crippen molar-refractivity contribution in [3.05, 3.63) is 41.0 Å². The highest BCUT2D eigenvalue weighted by atomic mass is 19.1. The maximum absolute atomic E-state index is 13.9. The average Bonchev–Trinajstić information content (AvgIpc) is 3.31. The Morgan fingerprint density at radius 2 is 2.03 bits per heavy atom. The average molecular weight is 400 g/mol. The molecule has 2 unspecified atom stereocenters. The van der Waals surface area contributed by atoms with Gasteiger partial charge in [0.25, 0.3) is 0 Å². The molecule has 2 atom stereocenters. The van der Waals surface area contributed by atoms with Crippen LogP contribution in [0.1, 0.15) is 75.7 Å². The van der Waals surface area contributed by atoms with Gasteiger partial charge in [0.1, 0.15) is 5.82 Å². The first-order chi connectivity index (χ1) is 14.0. The Hall–Kier alpha value is -1.91. The summed E-state index contributed by atoms with van der Waals surface area (Å²) >= 11 is 0. The Morgan fingerprint density at radius 3 is 2.69 bits per heavy atom. The van der Waals surface area contributed by atoms with Gasteiger partial charge in [0.05, 0.1) is 0 Å². The van der Waals surface area contributed by atoms with Gasteiger partial charge in [0, 0.05) is 19.0 Å². The third-order valence-corrected chi connectivity index (χ3v) is 6.88. The number of rotatable bonds is 8. The molecule has 1 aliphatic heterocycles. The monoisotopic (exact) mass is 399 g/mol. The van der Waals surface area contributed by atoms with E-state index in [1.165, 1.54) is 32.1 Å².